The van der Waals surface area contributed by atoms with E-state index in [1.807, 2.05) is 13.0 Å². The van der Waals surface area contributed by atoms with E-state index in [1.165, 1.54) is 6.07 Å². The van der Waals surface area contributed by atoms with Crippen molar-refractivity contribution in [1.29, 1.82) is 0 Å². The summed E-state index contributed by atoms with van der Waals surface area (Å²) in [5, 5.41) is 3.00. The second-order valence-corrected chi connectivity index (χ2v) is 4.50. The van der Waals surface area contributed by atoms with Crippen LogP contribution in [0.15, 0.2) is 18.2 Å². The van der Waals surface area contributed by atoms with E-state index in [2.05, 4.69) is 20.3 Å². The SMILES string of the molecule is Cc1ccc(C(C)Nc2nc(N)nc(Cl)n2)cc1F. The molecule has 1 heterocycles. The van der Waals surface area contributed by atoms with E-state index in [-0.39, 0.29) is 29.0 Å². The molecule has 1 unspecified atom stereocenters. The van der Waals surface area contributed by atoms with Crippen LogP contribution in [0.1, 0.15) is 24.1 Å². The summed E-state index contributed by atoms with van der Waals surface area (Å²) in [6.45, 7) is 3.57. The second kappa shape index (κ2) is 5.36. The number of rotatable bonds is 3. The first-order valence-corrected chi connectivity index (χ1v) is 6.03. The van der Waals surface area contributed by atoms with Gasteiger partial charge in [-0.1, -0.05) is 12.1 Å². The largest absolute Gasteiger partial charge is 0.368 e. The number of nitrogens with zero attached hydrogens (tertiary/aromatic N) is 3. The van der Waals surface area contributed by atoms with E-state index in [0.29, 0.717) is 5.56 Å². The van der Waals surface area contributed by atoms with E-state index < -0.39 is 0 Å². The summed E-state index contributed by atoms with van der Waals surface area (Å²) >= 11 is 5.68. The molecule has 1 aromatic carbocycles. The van der Waals surface area contributed by atoms with E-state index in [1.54, 1.807) is 13.0 Å². The molecule has 100 valence electrons. The van der Waals surface area contributed by atoms with Gasteiger partial charge in [0.2, 0.25) is 17.2 Å². The van der Waals surface area contributed by atoms with E-state index in [4.69, 9.17) is 17.3 Å². The summed E-state index contributed by atoms with van der Waals surface area (Å²) in [4.78, 5) is 11.5. The van der Waals surface area contributed by atoms with Gasteiger partial charge in [-0.05, 0) is 42.6 Å². The van der Waals surface area contributed by atoms with Crippen LogP contribution in [0.4, 0.5) is 16.3 Å². The Kier molecular flexibility index (Phi) is 3.80. The summed E-state index contributed by atoms with van der Waals surface area (Å²) < 4.78 is 13.5. The Bertz CT molecular complexity index is 584. The molecule has 0 bridgehead atoms. The molecule has 0 aliphatic rings. The van der Waals surface area contributed by atoms with Gasteiger partial charge in [0.1, 0.15) is 5.82 Å². The predicted octanol–water partition coefficient (Wildman–Crippen LogP) is 2.73. The lowest BCUT2D eigenvalue weighted by Gasteiger charge is -2.14. The fraction of sp³-hybridized carbons (Fsp3) is 0.250. The molecule has 0 aliphatic heterocycles. The lowest BCUT2D eigenvalue weighted by Crippen LogP contribution is -2.11. The maximum absolute atomic E-state index is 13.5. The molecule has 1 aromatic heterocycles. The van der Waals surface area contributed by atoms with Gasteiger partial charge in [-0.2, -0.15) is 15.0 Å². The van der Waals surface area contributed by atoms with Gasteiger partial charge in [-0.25, -0.2) is 4.39 Å². The van der Waals surface area contributed by atoms with Crippen LogP contribution in [0.5, 0.6) is 0 Å². The molecule has 2 rings (SSSR count). The van der Waals surface area contributed by atoms with Gasteiger partial charge in [-0.15, -0.1) is 0 Å². The van der Waals surface area contributed by atoms with Gasteiger partial charge in [0.15, 0.2) is 0 Å². The first-order valence-electron chi connectivity index (χ1n) is 5.65. The summed E-state index contributed by atoms with van der Waals surface area (Å²) in [6.07, 6.45) is 0. The molecule has 0 saturated carbocycles. The number of halogens is 2. The Balaban J connectivity index is 2.20. The van der Waals surface area contributed by atoms with Crippen molar-refractivity contribution in [3.05, 3.63) is 40.4 Å². The second-order valence-electron chi connectivity index (χ2n) is 4.16. The number of aromatic nitrogens is 3. The quantitative estimate of drug-likeness (QED) is 0.904. The van der Waals surface area contributed by atoms with Gasteiger partial charge in [-0.3, -0.25) is 0 Å². The van der Waals surface area contributed by atoms with Crippen LogP contribution in [0.2, 0.25) is 5.28 Å². The van der Waals surface area contributed by atoms with Gasteiger partial charge >= 0.3 is 0 Å². The number of anilines is 2. The highest BCUT2D eigenvalue weighted by molar-refractivity contribution is 6.28. The topological polar surface area (TPSA) is 76.7 Å². The van der Waals surface area contributed by atoms with Gasteiger partial charge in [0, 0.05) is 0 Å². The molecular formula is C12H13ClFN5. The molecule has 1 atom stereocenters. The molecule has 0 fully saturated rings. The third-order valence-electron chi connectivity index (χ3n) is 2.67. The zero-order valence-corrected chi connectivity index (χ0v) is 11.2. The molecular weight excluding hydrogens is 269 g/mol. The highest BCUT2D eigenvalue weighted by Crippen LogP contribution is 2.20. The lowest BCUT2D eigenvalue weighted by molar-refractivity contribution is 0.614. The van der Waals surface area contributed by atoms with Crippen LogP contribution in [0, 0.1) is 12.7 Å². The Morgan fingerprint density at radius 3 is 2.68 bits per heavy atom. The standard InChI is InChI=1S/C12H13ClFN5/c1-6-3-4-8(5-9(6)14)7(2)16-12-18-10(13)17-11(15)19-12/h3-5,7H,1-2H3,(H3,15,16,17,18,19). The van der Waals surface area contributed by atoms with Crippen LogP contribution < -0.4 is 11.1 Å². The van der Waals surface area contributed by atoms with Crippen LogP contribution in [-0.2, 0) is 0 Å². The number of aryl methyl sites for hydroxylation is 1. The minimum atomic E-state index is -0.251. The van der Waals surface area contributed by atoms with Crippen molar-refractivity contribution in [2.24, 2.45) is 0 Å². The fourth-order valence-electron chi connectivity index (χ4n) is 1.59. The van der Waals surface area contributed by atoms with Crippen molar-refractivity contribution in [3.8, 4) is 0 Å². The average molecular weight is 282 g/mol. The number of nitrogens with one attached hydrogen (secondary N) is 1. The smallest absolute Gasteiger partial charge is 0.229 e. The lowest BCUT2D eigenvalue weighted by atomic mass is 10.1. The van der Waals surface area contributed by atoms with Gasteiger partial charge < -0.3 is 11.1 Å². The molecule has 0 saturated heterocycles. The number of benzene rings is 1. The minimum Gasteiger partial charge on any atom is -0.368 e. The minimum absolute atomic E-state index is 0.0114. The molecule has 0 radical (unpaired) electrons. The van der Waals surface area contributed by atoms with Crippen LogP contribution >= 0.6 is 11.6 Å². The van der Waals surface area contributed by atoms with Crippen molar-refractivity contribution in [2.45, 2.75) is 19.9 Å². The highest BCUT2D eigenvalue weighted by atomic mass is 35.5. The summed E-state index contributed by atoms with van der Waals surface area (Å²) in [7, 11) is 0. The number of hydrogen-bond donors (Lipinski definition) is 2. The monoisotopic (exact) mass is 281 g/mol. The highest BCUT2D eigenvalue weighted by Gasteiger charge is 2.10. The van der Waals surface area contributed by atoms with E-state index in [9.17, 15) is 4.39 Å². The Morgan fingerprint density at radius 1 is 1.32 bits per heavy atom. The summed E-state index contributed by atoms with van der Waals surface area (Å²) in [6, 6.07) is 4.84. The van der Waals surface area contributed by atoms with Crippen molar-refractivity contribution < 1.29 is 4.39 Å². The molecule has 19 heavy (non-hydrogen) atoms. The molecule has 0 aliphatic carbocycles. The van der Waals surface area contributed by atoms with Crippen molar-refractivity contribution in [1.82, 2.24) is 15.0 Å². The third-order valence-corrected chi connectivity index (χ3v) is 2.84. The Morgan fingerprint density at radius 2 is 2.05 bits per heavy atom. The van der Waals surface area contributed by atoms with Gasteiger partial charge in [0.05, 0.1) is 6.04 Å². The first kappa shape index (κ1) is 13.5. The Labute approximate surface area is 115 Å². The van der Waals surface area contributed by atoms with Crippen LogP contribution in [-0.4, -0.2) is 15.0 Å². The van der Waals surface area contributed by atoms with Crippen molar-refractivity contribution >= 4 is 23.5 Å². The molecule has 5 nitrogen and oxygen atoms in total. The Hall–Kier alpha value is -1.95. The number of hydrogen-bond acceptors (Lipinski definition) is 5. The molecule has 3 N–H and O–H groups in total. The van der Waals surface area contributed by atoms with Gasteiger partial charge in [0.25, 0.3) is 0 Å². The van der Waals surface area contributed by atoms with Crippen molar-refractivity contribution in [2.75, 3.05) is 11.1 Å². The molecule has 0 spiro atoms. The van der Waals surface area contributed by atoms with E-state index in [0.717, 1.165) is 5.56 Å². The maximum Gasteiger partial charge on any atom is 0.229 e. The molecule has 7 heteroatoms. The average Bonchev–Trinajstić information content (AvgIpc) is 2.31. The normalized spacial score (nSPS) is 12.2. The fourth-order valence-corrected chi connectivity index (χ4v) is 1.75. The number of nitrogens with two attached hydrogens (primary N) is 1. The zero-order chi connectivity index (χ0) is 14.0. The van der Waals surface area contributed by atoms with Crippen LogP contribution in [0.25, 0.3) is 0 Å². The first-order chi connectivity index (χ1) is 8.95. The van der Waals surface area contributed by atoms with E-state index >= 15 is 0 Å². The molecule has 0 amide bonds. The zero-order valence-electron chi connectivity index (χ0n) is 10.5. The van der Waals surface area contributed by atoms with Crippen molar-refractivity contribution in [3.63, 3.8) is 0 Å². The third kappa shape index (κ3) is 3.29. The van der Waals surface area contributed by atoms with Crippen LogP contribution in [0.3, 0.4) is 0 Å². The summed E-state index contributed by atoms with van der Waals surface area (Å²) in [5.74, 6) is 0.0371. The number of nitrogen functional groups attached to an aromatic ring is 1. The maximum atomic E-state index is 13.5. The predicted molar refractivity (Wildman–Crippen MR) is 72.4 cm³/mol. The summed E-state index contributed by atoms with van der Waals surface area (Å²) in [5.41, 5.74) is 6.85. The molecule has 2 aromatic rings.